The van der Waals surface area contributed by atoms with Gasteiger partial charge in [-0.05, 0) is 72.7 Å². The summed E-state index contributed by atoms with van der Waals surface area (Å²) < 4.78 is 28.1. The molecule has 2 aliphatic rings. The van der Waals surface area contributed by atoms with Crippen LogP contribution in [0.3, 0.4) is 0 Å². The van der Waals surface area contributed by atoms with Crippen molar-refractivity contribution in [2.24, 2.45) is 0 Å². The van der Waals surface area contributed by atoms with Crippen LogP contribution in [0.25, 0.3) is 0 Å². The average Bonchev–Trinajstić information content (AvgIpc) is 3.18. The smallest absolute Gasteiger partial charge is 0.497 e. The van der Waals surface area contributed by atoms with Gasteiger partial charge in [0.25, 0.3) is 0 Å². The normalized spacial score (nSPS) is 22.2. The number of methoxy groups -OCH3 is 1. The van der Waals surface area contributed by atoms with Gasteiger partial charge in [0.1, 0.15) is 17.0 Å². The first-order chi connectivity index (χ1) is 19.1. The van der Waals surface area contributed by atoms with Gasteiger partial charge in [-0.15, -0.1) is 0 Å². The van der Waals surface area contributed by atoms with Crippen LogP contribution in [0, 0.1) is 0 Å². The van der Waals surface area contributed by atoms with E-state index >= 15 is 0 Å². The summed E-state index contributed by atoms with van der Waals surface area (Å²) in [6.07, 6.45) is -2.81. The lowest BCUT2D eigenvalue weighted by Crippen LogP contribution is -2.46. The monoisotopic (exact) mass is 577 g/mol. The molecule has 0 N–H and O–H groups in total. The maximum Gasteiger partial charge on any atom is 0.509 e. The first kappa shape index (κ1) is 32.5. The molecule has 1 amide bonds. The zero-order valence-electron chi connectivity index (χ0n) is 25.8. The second kappa shape index (κ2) is 13.7. The van der Waals surface area contributed by atoms with Gasteiger partial charge in [0.2, 0.25) is 0 Å². The van der Waals surface area contributed by atoms with E-state index in [1.807, 2.05) is 24.3 Å². The van der Waals surface area contributed by atoms with Crippen LogP contribution in [-0.4, -0.2) is 116 Å². The number of piperazine rings is 1. The number of nitrogens with zero attached hydrogens (tertiary/aromatic N) is 3. The van der Waals surface area contributed by atoms with Crippen LogP contribution in [0.1, 0.15) is 53.5 Å². The molecule has 0 aromatic heterocycles. The van der Waals surface area contributed by atoms with Gasteiger partial charge >= 0.3 is 18.2 Å². The number of carbonyl (C=O) groups is 3. The van der Waals surface area contributed by atoms with Crippen molar-refractivity contribution < 1.29 is 38.1 Å². The number of likely N-dealkylation sites (N-methyl/N-ethyl adjacent to an activating group) is 1. The van der Waals surface area contributed by atoms with Crippen LogP contribution in [0.15, 0.2) is 24.3 Å². The summed E-state index contributed by atoms with van der Waals surface area (Å²) in [4.78, 5) is 45.2. The van der Waals surface area contributed by atoms with Gasteiger partial charge in [-0.3, -0.25) is 9.69 Å². The molecule has 11 nitrogen and oxygen atoms in total. The predicted octanol–water partition coefficient (Wildman–Crippen LogP) is 3.73. The van der Waals surface area contributed by atoms with E-state index < -0.39 is 47.7 Å². The first-order valence-corrected chi connectivity index (χ1v) is 14.3. The summed E-state index contributed by atoms with van der Waals surface area (Å²) in [6.45, 7) is 14.7. The van der Waals surface area contributed by atoms with Crippen molar-refractivity contribution in [1.29, 1.82) is 0 Å². The minimum atomic E-state index is -0.937. The van der Waals surface area contributed by atoms with Crippen molar-refractivity contribution in [1.82, 2.24) is 14.7 Å². The van der Waals surface area contributed by atoms with E-state index in [0.29, 0.717) is 18.7 Å². The summed E-state index contributed by atoms with van der Waals surface area (Å²) in [5, 5.41) is 0. The van der Waals surface area contributed by atoms with E-state index in [0.717, 1.165) is 31.7 Å². The lowest BCUT2D eigenvalue weighted by Gasteiger charge is -2.32. The van der Waals surface area contributed by atoms with E-state index in [2.05, 4.69) is 16.8 Å². The Balaban J connectivity index is 1.84. The summed E-state index contributed by atoms with van der Waals surface area (Å²) in [5.41, 5.74) is -0.640. The van der Waals surface area contributed by atoms with E-state index in [9.17, 15) is 14.4 Å². The molecule has 0 unspecified atom stereocenters. The van der Waals surface area contributed by atoms with E-state index in [4.69, 9.17) is 23.7 Å². The van der Waals surface area contributed by atoms with E-state index in [1.54, 1.807) is 48.7 Å². The highest BCUT2D eigenvalue weighted by molar-refractivity contribution is 5.72. The van der Waals surface area contributed by atoms with Crippen molar-refractivity contribution in [3.8, 4) is 5.75 Å². The fourth-order valence-electron chi connectivity index (χ4n) is 4.81. The molecule has 0 spiro atoms. The molecule has 230 valence electrons. The average molecular weight is 578 g/mol. The zero-order chi connectivity index (χ0) is 30.4. The number of carbonyl (C=O) groups excluding carboxylic acids is 3. The Morgan fingerprint density at radius 1 is 0.878 bits per heavy atom. The molecule has 41 heavy (non-hydrogen) atoms. The Morgan fingerprint density at radius 2 is 1.49 bits per heavy atom. The van der Waals surface area contributed by atoms with Gasteiger partial charge in [-0.25, -0.2) is 9.59 Å². The molecule has 0 bridgehead atoms. The molecule has 1 aromatic rings. The lowest BCUT2D eigenvalue weighted by molar-refractivity contribution is -0.156. The molecule has 2 fully saturated rings. The zero-order valence-corrected chi connectivity index (χ0v) is 25.8. The molecule has 2 aliphatic heterocycles. The van der Waals surface area contributed by atoms with Crippen LogP contribution in [0.5, 0.6) is 5.75 Å². The molecular formula is C30H47N3O8. The summed E-state index contributed by atoms with van der Waals surface area (Å²) >= 11 is 0. The van der Waals surface area contributed by atoms with Crippen LogP contribution < -0.4 is 4.74 Å². The summed E-state index contributed by atoms with van der Waals surface area (Å²) in [7, 11) is 3.67. The topological polar surface area (TPSA) is 107 Å². The van der Waals surface area contributed by atoms with Gasteiger partial charge in [-0.2, -0.15) is 0 Å². The van der Waals surface area contributed by atoms with Gasteiger partial charge in [0, 0.05) is 32.7 Å². The largest absolute Gasteiger partial charge is 0.509 e. The Kier molecular flexibility index (Phi) is 10.9. The molecule has 2 heterocycles. The quantitative estimate of drug-likeness (QED) is 0.335. The van der Waals surface area contributed by atoms with Gasteiger partial charge in [-0.1, -0.05) is 12.1 Å². The highest BCUT2D eigenvalue weighted by Gasteiger charge is 2.50. The second-order valence-electron chi connectivity index (χ2n) is 12.7. The Labute approximate surface area is 244 Å². The predicted molar refractivity (Wildman–Crippen MR) is 153 cm³/mol. The van der Waals surface area contributed by atoms with Gasteiger partial charge in [0.05, 0.1) is 26.1 Å². The van der Waals surface area contributed by atoms with Gasteiger partial charge < -0.3 is 33.5 Å². The number of rotatable bonds is 8. The fourth-order valence-corrected chi connectivity index (χ4v) is 4.81. The van der Waals surface area contributed by atoms with Crippen LogP contribution >= 0.6 is 0 Å². The number of amides is 1. The lowest BCUT2D eigenvalue weighted by atomic mass is 10.0. The van der Waals surface area contributed by atoms with Crippen molar-refractivity contribution in [2.45, 2.75) is 83.8 Å². The Hall–Kier alpha value is -3.05. The van der Waals surface area contributed by atoms with Crippen molar-refractivity contribution in [3.05, 3.63) is 29.8 Å². The molecule has 0 radical (unpaired) electrons. The number of esters is 1. The minimum Gasteiger partial charge on any atom is -0.497 e. The molecule has 3 atom stereocenters. The molecule has 2 saturated heterocycles. The second-order valence-corrected chi connectivity index (χ2v) is 12.7. The summed E-state index contributed by atoms with van der Waals surface area (Å²) in [5.74, 6) is 0.277. The molecule has 11 heteroatoms. The number of likely N-dealkylation sites (tertiary alicyclic amines) is 1. The Morgan fingerprint density at radius 3 is 2.05 bits per heavy atom. The van der Waals surface area contributed by atoms with Crippen LogP contribution in [0.2, 0.25) is 0 Å². The molecule has 3 rings (SSSR count). The third-order valence-corrected chi connectivity index (χ3v) is 6.89. The third kappa shape index (κ3) is 10.4. The minimum absolute atomic E-state index is 0.00855. The highest BCUT2D eigenvalue weighted by Crippen LogP contribution is 2.30. The highest BCUT2D eigenvalue weighted by atomic mass is 16.7. The molecular weight excluding hydrogens is 530 g/mol. The van der Waals surface area contributed by atoms with Crippen LogP contribution in [-0.2, 0) is 30.2 Å². The Bertz CT molecular complexity index is 1030. The van der Waals surface area contributed by atoms with Crippen LogP contribution in [0.4, 0.5) is 9.59 Å². The molecule has 1 aromatic carbocycles. The summed E-state index contributed by atoms with van der Waals surface area (Å²) in [6, 6.07) is 6.79. The standard InChI is InChI=1S/C30H47N3O8/c1-29(2,3)40-27(35)33-20-24(38-28(36)41-30(4,5)6)26(23(33)19-21-9-11-22(37-8)12-10-21)39-25(34)13-14-32-17-15-31(7)16-18-32/h9-12,23-24,26H,13-20H2,1-8H3/t23-,24+,26+/m1/s1. The number of hydrogen-bond acceptors (Lipinski definition) is 10. The van der Waals surface area contributed by atoms with Crippen molar-refractivity contribution in [2.75, 3.05) is 53.4 Å². The SMILES string of the molecule is COc1ccc(C[C@@H]2[C@H](OC(=O)CCN3CCN(C)CC3)[C@@H](OC(=O)OC(C)(C)C)CN2C(=O)OC(C)(C)C)cc1. The van der Waals surface area contributed by atoms with E-state index in [-0.39, 0.29) is 13.0 Å². The maximum atomic E-state index is 13.4. The van der Waals surface area contributed by atoms with Gasteiger partial charge in [0.15, 0.2) is 12.2 Å². The van der Waals surface area contributed by atoms with E-state index in [1.165, 1.54) is 4.90 Å². The maximum absolute atomic E-state index is 13.4. The number of hydrogen-bond donors (Lipinski definition) is 0. The fraction of sp³-hybridized carbons (Fsp3) is 0.700. The molecule has 0 aliphatic carbocycles. The first-order valence-electron chi connectivity index (χ1n) is 14.3. The number of benzene rings is 1. The molecule has 0 saturated carbocycles. The van der Waals surface area contributed by atoms with Crippen molar-refractivity contribution >= 4 is 18.2 Å². The third-order valence-electron chi connectivity index (χ3n) is 6.89. The van der Waals surface area contributed by atoms with Crippen molar-refractivity contribution in [3.63, 3.8) is 0 Å². The number of ether oxygens (including phenoxy) is 5.